The number of carbonyl (C=O) groups is 1. The first kappa shape index (κ1) is 14.6. The summed E-state index contributed by atoms with van der Waals surface area (Å²) in [6.45, 7) is 0.926. The van der Waals surface area contributed by atoms with E-state index in [0.29, 0.717) is 0 Å². The summed E-state index contributed by atoms with van der Waals surface area (Å²) in [7, 11) is 0.967. The fraction of sp³-hybridized carbons (Fsp3) is 0.400. The van der Waals surface area contributed by atoms with Crippen molar-refractivity contribution in [3.8, 4) is 0 Å². The van der Waals surface area contributed by atoms with Crippen LogP contribution in [0, 0.1) is 10.1 Å². The molecule has 0 aromatic heterocycles. The van der Waals surface area contributed by atoms with Crippen molar-refractivity contribution in [3.05, 3.63) is 21.6 Å². The molecule has 0 spiro atoms. The van der Waals surface area contributed by atoms with E-state index in [0.717, 1.165) is 14.0 Å². The van der Waals surface area contributed by atoms with Crippen molar-refractivity contribution in [3.63, 3.8) is 0 Å². The average Bonchev–Trinajstić information content (AvgIpc) is 1.85. The van der Waals surface area contributed by atoms with Crippen LogP contribution >= 0.6 is 0 Å². The fourth-order valence-electron chi connectivity index (χ4n) is 0.443. The Hall–Kier alpha value is 0.0464. The molecule has 0 atom stereocenters. The van der Waals surface area contributed by atoms with E-state index in [4.69, 9.17) is 0 Å². The van der Waals surface area contributed by atoms with Gasteiger partial charge in [0.05, 0.1) is 12.0 Å². The third-order valence-corrected chi connectivity index (χ3v) is 0.895. The minimum Gasteiger partial charge on any atom is -0.871 e. The summed E-state index contributed by atoms with van der Waals surface area (Å²) >= 11 is 0. The summed E-state index contributed by atoms with van der Waals surface area (Å²) in [6, 6.07) is 0. The first-order chi connectivity index (χ1) is 5.00. The Balaban J connectivity index is 0. The van der Waals surface area contributed by atoms with Crippen molar-refractivity contribution in [1.82, 2.24) is 0 Å². The van der Waals surface area contributed by atoms with Crippen molar-refractivity contribution >= 4 is 5.97 Å². The van der Waals surface area contributed by atoms with Gasteiger partial charge in [-0.15, -0.1) is 0 Å². The van der Waals surface area contributed by atoms with E-state index in [1.807, 2.05) is 0 Å². The Morgan fingerprint density at radius 2 is 1.92 bits per heavy atom. The number of rotatable bonds is 2. The predicted octanol–water partition coefficient (Wildman–Crippen LogP) is -3.97. The number of nitro groups is 1. The Kier molecular flexibility index (Phi) is 7.95. The number of allylic oxidation sites excluding steroid dienone is 1. The molecular weight excluding hydrogens is 193 g/mol. The zero-order chi connectivity index (χ0) is 9.02. The normalized spacial score (nSPS) is 10.8. The van der Waals surface area contributed by atoms with Crippen molar-refractivity contribution in [2.45, 2.75) is 6.92 Å². The second-order valence-electron chi connectivity index (χ2n) is 1.65. The quantitative estimate of drug-likeness (QED) is 0.113. The van der Waals surface area contributed by atoms with E-state index >= 15 is 0 Å². The van der Waals surface area contributed by atoms with Crippen LogP contribution in [-0.2, 0) is 9.53 Å². The molecule has 0 unspecified atom stereocenters. The Bertz CT molecular complexity index is 220. The largest absolute Gasteiger partial charge is 1.00 e. The first-order valence-corrected chi connectivity index (χ1v) is 2.61. The Labute approximate surface area is 111 Å². The van der Waals surface area contributed by atoms with Gasteiger partial charge in [0.2, 0.25) is 0 Å². The van der Waals surface area contributed by atoms with Gasteiger partial charge in [-0.3, -0.25) is 10.1 Å². The molecule has 0 amide bonds. The number of nitrogens with zero attached hydrogens (tertiary/aromatic N) is 1. The Morgan fingerprint density at radius 1 is 1.50 bits per heavy atom. The van der Waals surface area contributed by atoms with Gasteiger partial charge in [-0.25, -0.2) is 4.79 Å². The van der Waals surface area contributed by atoms with Crippen molar-refractivity contribution in [2.75, 3.05) is 7.11 Å². The van der Waals surface area contributed by atoms with E-state index in [1.165, 1.54) is 0 Å². The molecule has 0 aliphatic heterocycles. The maximum atomic E-state index is 10.5. The van der Waals surface area contributed by atoms with Gasteiger partial charge in [-0.05, 0) is 12.7 Å². The van der Waals surface area contributed by atoms with Gasteiger partial charge in [0.25, 0.3) is 0 Å². The van der Waals surface area contributed by atoms with Gasteiger partial charge in [-0.1, -0.05) is 0 Å². The molecule has 0 aromatic carbocycles. The van der Waals surface area contributed by atoms with E-state index in [1.54, 1.807) is 0 Å². The van der Waals surface area contributed by atoms with Crippen LogP contribution in [0.5, 0.6) is 0 Å². The van der Waals surface area contributed by atoms with Crippen LogP contribution in [0.25, 0.3) is 0 Å². The van der Waals surface area contributed by atoms with Crippen LogP contribution < -0.4 is 56.5 Å². The summed E-state index contributed by atoms with van der Waals surface area (Å²) in [5.41, 5.74) is -1.05. The molecule has 0 N–H and O–H groups in total. The summed E-state index contributed by atoms with van der Waals surface area (Å²) in [4.78, 5) is 19.4. The zero-order valence-corrected chi connectivity index (χ0v) is 10.1. The molecule has 0 aliphatic rings. The van der Waals surface area contributed by atoms with Crippen LogP contribution in [0.2, 0.25) is 0 Å². The second kappa shape index (κ2) is 6.55. The third kappa shape index (κ3) is 4.17. The number of hydrogen-bond acceptors (Lipinski definition) is 5. The number of ether oxygens (including phenoxy) is 1. The van der Waals surface area contributed by atoms with Crippen LogP contribution in [0.3, 0.4) is 0 Å². The van der Waals surface area contributed by atoms with Gasteiger partial charge in [-0.2, -0.15) is 0 Å². The van der Waals surface area contributed by atoms with Gasteiger partial charge >= 0.3 is 63.1 Å². The number of esters is 1. The molecule has 62 valence electrons. The van der Waals surface area contributed by atoms with E-state index < -0.39 is 22.3 Å². The van der Waals surface area contributed by atoms with Crippen LogP contribution in [0.4, 0.5) is 0 Å². The smallest absolute Gasteiger partial charge is 0.871 e. The molecule has 7 heteroatoms. The number of hydrogen-bond donors (Lipinski definition) is 0. The maximum absolute atomic E-state index is 10.5. The molecule has 0 radical (unpaired) electrons. The summed E-state index contributed by atoms with van der Waals surface area (Å²) in [6.07, 6.45) is 0. The van der Waals surface area contributed by atoms with Crippen LogP contribution in [0.15, 0.2) is 11.5 Å². The summed E-state index contributed by atoms with van der Waals surface area (Å²) in [5.74, 6) is -2.13. The molecule has 0 saturated carbocycles. The molecule has 6 nitrogen and oxygen atoms in total. The van der Waals surface area contributed by atoms with E-state index in [9.17, 15) is 20.0 Å². The molecule has 0 heterocycles. The second-order valence-corrected chi connectivity index (χ2v) is 1.65. The predicted molar refractivity (Wildman–Crippen MR) is 31.7 cm³/mol. The fourth-order valence-corrected chi connectivity index (χ4v) is 0.443. The third-order valence-electron chi connectivity index (χ3n) is 0.895. The number of methoxy groups -OCH3 is 1. The molecule has 0 aliphatic carbocycles. The van der Waals surface area contributed by atoms with Crippen molar-refractivity contribution in [2.24, 2.45) is 0 Å². The van der Waals surface area contributed by atoms with Crippen LogP contribution in [-0.4, -0.2) is 18.0 Å². The SMILES string of the molecule is COC(=O)/C(=C(/C)[O-])[N+](=O)[O-].[K+]. The first-order valence-electron chi connectivity index (χ1n) is 2.61. The summed E-state index contributed by atoms with van der Waals surface area (Å²) in [5, 5.41) is 20.4. The van der Waals surface area contributed by atoms with Crippen molar-refractivity contribution in [1.29, 1.82) is 0 Å². The summed E-state index contributed by atoms with van der Waals surface area (Å²) < 4.78 is 4.00. The topological polar surface area (TPSA) is 92.5 Å². The number of carbonyl (C=O) groups excluding carboxylic acids is 1. The molecule has 0 aromatic rings. The standard InChI is InChI=1S/C5H7NO5.K/c1-3(7)4(6(9)10)5(8)11-2;/h7H,1-2H3;/q;+1/p-1/b4-3+;. The van der Waals surface area contributed by atoms with Gasteiger partial charge in [0.15, 0.2) is 0 Å². The molecular formula is C5H6KNO5. The van der Waals surface area contributed by atoms with E-state index in [2.05, 4.69) is 4.74 Å². The molecule has 0 fully saturated rings. The molecule has 0 bridgehead atoms. The average molecular weight is 199 g/mol. The van der Waals surface area contributed by atoms with Crippen molar-refractivity contribution < 1.29 is 70.9 Å². The zero-order valence-electron chi connectivity index (χ0n) is 6.99. The van der Waals surface area contributed by atoms with Gasteiger partial charge in [0.1, 0.15) is 0 Å². The Morgan fingerprint density at radius 3 is 2.00 bits per heavy atom. The molecule has 0 rings (SSSR count). The maximum Gasteiger partial charge on any atom is 1.00 e. The monoisotopic (exact) mass is 199 g/mol. The minimum atomic E-state index is -1.22. The minimum absolute atomic E-state index is 0. The molecule has 0 saturated heterocycles. The van der Waals surface area contributed by atoms with Gasteiger partial charge < -0.3 is 9.84 Å². The molecule has 12 heavy (non-hydrogen) atoms. The van der Waals surface area contributed by atoms with E-state index in [-0.39, 0.29) is 51.4 Å². The van der Waals surface area contributed by atoms with Gasteiger partial charge in [0, 0.05) is 0 Å². The van der Waals surface area contributed by atoms with Crippen LogP contribution in [0.1, 0.15) is 6.92 Å².